The Hall–Kier alpha value is -1.31. The van der Waals surface area contributed by atoms with Crippen molar-refractivity contribution in [3.05, 3.63) is 29.3 Å². The Morgan fingerprint density at radius 2 is 2.05 bits per heavy atom. The lowest BCUT2D eigenvalue weighted by atomic mass is 9.55. The second-order valence-electron chi connectivity index (χ2n) is 7.29. The molecule has 0 spiro atoms. The number of nitrogens with two attached hydrogens (primary N) is 1. The van der Waals surface area contributed by atoms with Crippen molar-refractivity contribution in [2.45, 2.75) is 51.4 Å². The summed E-state index contributed by atoms with van der Waals surface area (Å²) in [5, 5.41) is 0. The van der Waals surface area contributed by atoms with Crippen LogP contribution in [0.1, 0.15) is 56.1 Å². The summed E-state index contributed by atoms with van der Waals surface area (Å²) < 4.78 is 0. The highest BCUT2D eigenvalue weighted by Gasteiger charge is 2.54. The molecular weight excluding hydrogens is 246 g/mol. The number of fused-ring (bicyclic) bond motifs is 5. The molecule has 0 amide bonds. The van der Waals surface area contributed by atoms with Crippen LogP contribution in [0.4, 0.5) is 5.69 Å². The molecule has 3 aliphatic carbocycles. The lowest BCUT2D eigenvalue weighted by molar-refractivity contribution is -0.129. The van der Waals surface area contributed by atoms with Gasteiger partial charge in [0.25, 0.3) is 0 Å². The standard InChI is InChI=1S/C18H23NO/c1-18-9-8-14-13-5-3-12(19)10-11(13)2-4-15(14)16(18)6-7-17(18)20/h3,5,10,14-16H,2,4,6-9,19H2,1H3/t14-,15-,16+,18+/m1/s1. The largest absolute Gasteiger partial charge is 0.399 e. The molecule has 106 valence electrons. The van der Waals surface area contributed by atoms with E-state index in [0.29, 0.717) is 17.6 Å². The van der Waals surface area contributed by atoms with Crippen LogP contribution in [0.15, 0.2) is 18.2 Å². The Labute approximate surface area is 120 Å². The van der Waals surface area contributed by atoms with Crippen LogP contribution in [0.3, 0.4) is 0 Å². The van der Waals surface area contributed by atoms with E-state index in [1.807, 2.05) is 0 Å². The first kappa shape index (κ1) is 12.4. The molecule has 0 aliphatic heterocycles. The molecule has 20 heavy (non-hydrogen) atoms. The lowest BCUT2D eigenvalue weighted by Gasteiger charge is -2.48. The zero-order valence-corrected chi connectivity index (χ0v) is 12.2. The monoisotopic (exact) mass is 269 g/mol. The van der Waals surface area contributed by atoms with Crippen LogP contribution >= 0.6 is 0 Å². The predicted octanol–water partition coefficient (Wildman–Crippen LogP) is 3.69. The zero-order chi connectivity index (χ0) is 13.9. The summed E-state index contributed by atoms with van der Waals surface area (Å²) in [5.41, 5.74) is 9.79. The van der Waals surface area contributed by atoms with E-state index in [4.69, 9.17) is 5.73 Å². The highest BCUT2D eigenvalue weighted by molar-refractivity contribution is 5.87. The smallest absolute Gasteiger partial charge is 0.139 e. The van der Waals surface area contributed by atoms with E-state index in [1.54, 1.807) is 0 Å². The van der Waals surface area contributed by atoms with Gasteiger partial charge >= 0.3 is 0 Å². The van der Waals surface area contributed by atoms with Crippen molar-refractivity contribution in [3.8, 4) is 0 Å². The van der Waals surface area contributed by atoms with Gasteiger partial charge in [-0.1, -0.05) is 13.0 Å². The number of benzene rings is 1. The van der Waals surface area contributed by atoms with Crippen LogP contribution in [0.5, 0.6) is 0 Å². The van der Waals surface area contributed by atoms with E-state index in [9.17, 15) is 4.79 Å². The fourth-order valence-corrected chi connectivity index (χ4v) is 5.37. The summed E-state index contributed by atoms with van der Waals surface area (Å²) in [5.74, 6) is 2.54. The van der Waals surface area contributed by atoms with Crippen LogP contribution in [0.2, 0.25) is 0 Å². The minimum absolute atomic E-state index is 0.00746. The Morgan fingerprint density at radius 1 is 1.20 bits per heavy atom. The van der Waals surface area contributed by atoms with E-state index in [0.717, 1.165) is 37.3 Å². The van der Waals surface area contributed by atoms with E-state index in [-0.39, 0.29) is 5.41 Å². The number of carbonyl (C=O) groups excluding carboxylic acids is 1. The quantitative estimate of drug-likeness (QED) is 0.730. The van der Waals surface area contributed by atoms with Gasteiger partial charge in [0.2, 0.25) is 0 Å². The molecule has 2 heteroatoms. The zero-order valence-electron chi connectivity index (χ0n) is 12.2. The predicted molar refractivity (Wildman–Crippen MR) is 80.5 cm³/mol. The Morgan fingerprint density at radius 3 is 2.90 bits per heavy atom. The van der Waals surface area contributed by atoms with Crippen LogP contribution in [-0.4, -0.2) is 5.78 Å². The van der Waals surface area contributed by atoms with Gasteiger partial charge in [0.15, 0.2) is 0 Å². The summed E-state index contributed by atoms with van der Waals surface area (Å²) >= 11 is 0. The van der Waals surface area contributed by atoms with Gasteiger partial charge in [-0.15, -0.1) is 0 Å². The molecule has 4 atom stereocenters. The summed E-state index contributed by atoms with van der Waals surface area (Å²) in [4.78, 5) is 12.3. The first-order chi connectivity index (χ1) is 9.59. The Kier molecular flexibility index (Phi) is 2.55. The number of nitrogen functional groups attached to an aromatic ring is 1. The third-order valence-electron chi connectivity index (χ3n) is 6.46. The number of rotatable bonds is 0. The van der Waals surface area contributed by atoms with Gasteiger partial charge in [0, 0.05) is 17.5 Å². The maximum atomic E-state index is 12.3. The van der Waals surface area contributed by atoms with E-state index < -0.39 is 0 Å². The van der Waals surface area contributed by atoms with Gasteiger partial charge in [-0.2, -0.15) is 0 Å². The van der Waals surface area contributed by atoms with Gasteiger partial charge in [-0.3, -0.25) is 4.79 Å². The minimum atomic E-state index is -0.00746. The summed E-state index contributed by atoms with van der Waals surface area (Å²) in [7, 11) is 0. The lowest BCUT2D eigenvalue weighted by Crippen LogP contribution is -2.42. The topological polar surface area (TPSA) is 43.1 Å². The first-order valence-corrected chi connectivity index (χ1v) is 8.01. The third kappa shape index (κ3) is 1.54. The fourth-order valence-electron chi connectivity index (χ4n) is 5.37. The molecule has 0 heterocycles. The van der Waals surface area contributed by atoms with Crippen molar-refractivity contribution in [3.63, 3.8) is 0 Å². The maximum Gasteiger partial charge on any atom is 0.139 e. The highest BCUT2D eigenvalue weighted by atomic mass is 16.1. The highest BCUT2D eigenvalue weighted by Crippen LogP contribution is 2.59. The van der Waals surface area contributed by atoms with Crippen molar-refractivity contribution >= 4 is 11.5 Å². The van der Waals surface area contributed by atoms with Gasteiger partial charge in [0.05, 0.1) is 0 Å². The first-order valence-electron chi connectivity index (χ1n) is 8.01. The van der Waals surface area contributed by atoms with Crippen LogP contribution in [0, 0.1) is 17.3 Å². The van der Waals surface area contributed by atoms with Crippen molar-refractivity contribution in [2.24, 2.45) is 17.3 Å². The molecule has 2 saturated carbocycles. The molecule has 2 N–H and O–H groups in total. The van der Waals surface area contributed by atoms with Crippen LogP contribution in [-0.2, 0) is 11.2 Å². The van der Waals surface area contributed by atoms with Crippen LogP contribution in [0.25, 0.3) is 0 Å². The van der Waals surface area contributed by atoms with Gasteiger partial charge < -0.3 is 5.73 Å². The fraction of sp³-hybridized carbons (Fsp3) is 0.611. The number of anilines is 1. The van der Waals surface area contributed by atoms with Gasteiger partial charge in [0.1, 0.15) is 5.78 Å². The molecule has 2 nitrogen and oxygen atoms in total. The van der Waals surface area contributed by atoms with E-state index >= 15 is 0 Å². The van der Waals surface area contributed by atoms with Crippen molar-refractivity contribution in [2.75, 3.05) is 5.73 Å². The molecule has 1 aromatic rings. The molecule has 0 radical (unpaired) electrons. The number of ketones is 1. The van der Waals surface area contributed by atoms with Crippen molar-refractivity contribution < 1.29 is 4.79 Å². The average Bonchev–Trinajstić information content (AvgIpc) is 2.74. The molecule has 0 aromatic heterocycles. The van der Waals surface area contributed by atoms with Gasteiger partial charge in [-0.25, -0.2) is 0 Å². The number of hydrogen-bond donors (Lipinski definition) is 1. The molecule has 0 saturated heterocycles. The summed E-state index contributed by atoms with van der Waals surface area (Å²) in [6.45, 7) is 2.24. The molecule has 4 rings (SSSR count). The normalized spacial score (nSPS) is 39.0. The molecule has 3 aliphatic rings. The maximum absolute atomic E-state index is 12.3. The van der Waals surface area contributed by atoms with E-state index in [1.165, 1.54) is 24.0 Å². The van der Waals surface area contributed by atoms with Crippen molar-refractivity contribution in [1.29, 1.82) is 0 Å². The van der Waals surface area contributed by atoms with Crippen molar-refractivity contribution in [1.82, 2.24) is 0 Å². The number of aryl methyl sites for hydroxylation is 1. The molecule has 2 fully saturated rings. The third-order valence-corrected chi connectivity index (χ3v) is 6.46. The van der Waals surface area contributed by atoms with Gasteiger partial charge in [-0.05, 0) is 73.1 Å². The molecule has 0 unspecified atom stereocenters. The second kappa shape index (κ2) is 4.09. The summed E-state index contributed by atoms with van der Waals surface area (Å²) in [6.07, 6.45) is 6.60. The molecular formula is C18H23NO. The number of Topliss-reactive ketones (excluding diaryl/α,β-unsaturated/α-hetero) is 1. The average molecular weight is 269 g/mol. The number of hydrogen-bond acceptors (Lipinski definition) is 2. The SMILES string of the molecule is C[C@]12CC[C@@H]3c4ccc(N)cc4CC[C@H]3[C@@H]1CCC2=O. The minimum Gasteiger partial charge on any atom is -0.399 e. The van der Waals surface area contributed by atoms with Crippen LogP contribution < -0.4 is 5.73 Å². The van der Waals surface area contributed by atoms with E-state index in [2.05, 4.69) is 25.1 Å². The number of carbonyl (C=O) groups is 1. The molecule has 0 bridgehead atoms. The summed E-state index contributed by atoms with van der Waals surface area (Å²) in [6, 6.07) is 6.47. The second-order valence-corrected chi connectivity index (χ2v) is 7.29. The Balaban J connectivity index is 1.73. The molecule has 1 aromatic carbocycles. The Bertz CT molecular complexity index is 579.